The SMILES string of the molecule is CCC1(C)c2cc3c(cc2-c2cccc[n+]2C1(CC)c1cc2ccccc2c2cccc[n+]12)C1(CCCC1)CCC31CCCC1. The average Bonchev–Trinajstić information content (AvgIpc) is 3.78. The number of hydrogen-bond donors (Lipinski definition) is 0. The molecule has 2 unspecified atom stereocenters. The van der Waals surface area contributed by atoms with Gasteiger partial charge in [-0.25, -0.2) is 0 Å². The summed E-state index contributed by atoms with van der Waals surface area (Å²) in [5.41, 5.74) is 11.1. The molecule has 2 aromatic carbocycles. The minimum Gasteiger partial charge on any atom is -0.181 e. The largest absolute Gasteiger partial charge is 0.261 e. The minimum absolute atomic E-state index is 0.108. The van der Waals surface area contributed by atoms with Crippen LogP contribution in [0, 0.1) is 0 Å². The van der Waals surface area contributed by atoms with Gasteiger partial charge in [0.1, 0.15) is 0 Å². The highest BCUT2D eigenvalue weighted by molar-refractivity contribution is 5.93. The Labute approximate surface area is 269 Å². The monoisotopic (exact) mass is 592 g/mol. The zero-order chi connectivity index (χ0) is 30.4. The van der Waals surface area contributed by atoms with E-state index in [2.05, 4.69) is 121 Å². The van der Waals surface area contributed by atoms with Crippen LogP contribution in [0.5, 0.6) is 0 Å². The number of fused-ring (bicyclic) bond motifs is 9. The molecule has 4 heterocycles. The van der Waals surface area contributed by atoms with Gasteiger partial charge in [-0.05, 0) is 109 Å². The topological polar surface area (TPSA) is 7.98 Å². The summed E-state index contributed by atoms with van der Waals surface area (Å²) in [5, 5.41) is 2.65. The van der Waals surface area contributed by atoms with Gasteiger partial charge in [0.2, 0.25) is 11.2 Å². The Hall–Kier alpha value is -3.52. The molecule has 3 aliphatic carbocycles. The third-order valence-electron chi connectivity index (χ3n) is 13.8. The number of rotatable bonds is 3. The summed E-state index contributed by atoms with van der Waals surface area (Å²) in [5.74, 6) is 0. The van der Waals surface area contributed by atoms with Crippen molar-refractivity contribution in [3.05, 3.63) is 114 Å². The Balaban J connectivity index is 1.41. The highest BCUT2D eigenvalue weighted by Gasteiger charge is 2.65. The van der Waals surface area contributed by atoms with Crippen LogP contribution in [0.15, 0.2) is 91.3 Å². The molecule has 0 N–H and O–H groups in total. The molecule has 0 amide bonds. The lowest BCUT2D eigenvalue weighted by Gasteiger charge is -2.50. The van der Waals surface area contributed by atoms with E-state index < -0.39 is 0 Å². The van der Waals surface area contributed by atoms with Gasteiger partial charge in [-0.15, -0.1) is 0 Å². The second-order valence-electron chi connectivity index (χ2n) is 15.3. The highest BCUT2D eigenvalue weighted by Crippen LogP contribution is 2.61. The van der Waals surface area contributed by atoms with Crippen molar-refractivity contribution >= 4 is 16.3 Å². The molecule has 2 saturated carbocycles. The molecule has 3 aromatic heterocycles. The van der Waals surface area contributed by atoms with E-state index in [9.17, 15) is 0 Å². The van der Waals surface area contributed by atoms with E-state index in [0.29, 0.717) is 10.8 Å². The van der Waals surface area contributed by atoms with E-state index in [-0.39, 0.29) is 11.0 Å². The lowest BCUT2D eigenvalue weighted by atomic mass is 9.54. The van der Waals surface area contributed by atoms with Gasteiger partial charge in [-0.1, -0.05) is 63.8 Å². The van der Waals surface area contributed by atoms with Crippen molar-refractivity contribution in [3.8, 4) is 11.3 Å². The summed E-state index contributed by atoms with van der Waals surface area (Å²) >= 11 is 0. The summed E-state index contributed by atoms with van der Waals surface area (Å²) < 4.78 is 5.24. The van der Waals surface area contributed by atoms with Crippen LogP contribution in [0.1, 0.15) is 120 Å². The highest BCUT2D eigenvalue weighted by atomic mass is 15.1. The smallest absolute Gasteiger partial charge is 0.181 e. The van der Waals surface area contributed by atoms with Crippen molar-refractivity contribution in [3.63, 3.8) is 0 Å². The molecular formula is C43H48N2+2. The fraction of sp³-hybridized carbons (Fsp3) is 0.442. The molecule has 2 nitrogen and oxygen atoms in total. The number of benzene rings is 2. The summed E-state index contributed by atoms with van der Waals surface area (Å²) in [7, 11) is 0. The zero-order valence-electron chi connectivity index (χ0n) is 27.5. The molecule has 9 rings (SSSR count). The zero-order valence-corrected chi connectivity index (χ0v) is 27.5. The summed E-state index contributed by atoms with van der Waals surface area (Å²) in [6, 6.07) is 30.8. The maximum atomic E-state index is 2.83. The molecule has 228 valence electrons. The lowest BCUT2D eigenvalue weighted by molar-refractivity contribution is -0.774. The molecular weight excluding hydrogens is 544 g/mol. The van der Waals surface area contributed by atoms with Gasteiger partial charge >= 0.3 is 0 Å². The predicted octanol–water partition coefficient (Wildman–Crippen LogP) is 9.79. The van der Waals surface area contributed by atoms with Crippen LogP contribution in [0.25, 0.3) is 27.5 Å². The van der Waals surface area contributed by atoms with Crippen molar-refractivity contribution in [2.24, 2.45) is 0 Å². The van der Waals surface area contributed by atoms with Gasteiger partial charge in [-0.2, -0.15) is 8.97 Å². The third kappa shape index (κ3) is 3.47. The lowest BCUT2D eigenvalue weighted by Crippen LogP contribution is -2.71. The second-order valence-corrected chi connectivity index (χ2v) is 15.3. The van der Waals surface area contributed by atoms with Crippen LogP contribution in [0.4, 0.5) is 0 Å². The second kappa shape index (κ2) is 9.74. The number of nitrogens with zero attached hydrogens (tertiary/aromatic N) is 2. The summed E-state index contributed by atoms with van der Waals surface area (Å²) in [6.07, 6.45) is 20.7. The Morgan fingerprint density at radius 3 is 1.98 bits per heavy atom. The van der Waals surface area contributed by atoms with Crippen LogP contribution in [0.2, 0.25) is 0 Å². The number of pyridine rings is 3. The van der Waals surface area contributed by atoms with Gasteiger partial charge in [0, 0.05) is 36.8 Å². The van der Waals surface area contributed by atoms with Crippen LogP contribution in [0.3, 0.4) is 0 Å². The molecule has 45 heavy (non-hydrogen) atoms. The quantitative estimate of drug-likeness (QED) is 0.146. The molecule has 2 atom stereocenters. The Morgan fingerprint density at radius 1 is 0.622 bits per heavy atom. The molecule has 0 radical (unpaired) electrons. The van der Waals surface area contributed by atoms with Crippen molar-refractivity contribution in [2.75, 3.05) is 0 Å². The molecule has 2 heteroatoms. The van der Waals surface area contributed by atoms with Crippen LogP contribution >= 0.6 is 0 Å². The molecule has 5 aromatic rings. The van der Waals surface area contributed by atoms with Crippen LogP contribution < -0.4 is 8.97 Å². The van der Waals surface area contributed by atoms with Gasteiger partial charge in [-0.3, -0.25) is 0 Å². The van der Waals surface area contributed by atoms with Crippen molar-refractivity contribution in [1.29, 1.82) is 0 Å². The molecule has 2 fully saturated rings. The van der Waals surface area contributed by atoms with E-state index in [0.717, 1.165) is 12.8 Å². The van der Waals surface area contributed by atoms with E-state index >= 15 is 0 Å². The first-order chi connectivity index (χ1) is 22.0. The third-order valence-corrected chi connectivity index (χ3v) is 13.8. The summed E-state index contributed by atoms with van der Waals surface area (Å²) in [4.78, 5) is 0. The first-order valence-electron chi connectivity index (χ1n) is 18.0. The van der Waals surface area contributed by atoms with Crippen molar-refractivity contribution in [2.45, 2.75) is 120 Å². The molecule has 1 aliphatic heterocycles. The van der Waals surface area contributed by atoms with E-state index in [4.69, 9.17) is 0 Å². The van der Waals surface area contributed by atoms with Gasteiger partial charge in [0.15, 0.2) is 12.4 Å². The van der Waals surface area contributed by atoms with E-state index in [1.54, 1.807) is 16.7 Å². The molecule has 0 bridgehead atoms. The fourth-order valence-electron chi connectivity index (χ4n) is 11.4. The average molecular weight is 593 g/mol. The van der Waals surface area contributed by atoms with E-state index in [1.165, 1.54) is 97.4 Å². The fourth-order valence-corrected chi connectivity index (χ4v) is 11.4. The molecule has 4 aliphatic rings. The minimum atomic E-state index is -0.267. The first kappa shape index (κ1) is 27.8. The van der Waals surface area contributed by atoms with Crippen LogP contribution in [-0.4, -0.2) is 0 Å². The molecule has 0 saturated heterocycles. The maximum absolute atomic E-state index is 2.83. The van der Waals surface area contributed by atoms with Crippen LogP contribution in [-0.2, 0) is 21.8 Å². The number of hydrogen-bond acceptors (Lipinski definition) is 0. The van der Waals surface area contributed by atoms with Crippen molar-refractivity contribution < 1.29 is 8.97 Å². The maximum Gasteiger partial charge on any atom is 0.261 e. The standard InChI is InChI=1S/C43H48N2/c1-4-40(3)34-30-36-35(41(20-10-11-21-41)24-25-42(36)22-12-13-23-42)29-33(34)38-19-9-15-27-45(38)43(40,5-2)39-28-31-16-6-7-17-32(31)37-18-8-14-26-44(37)39/h6-9,14-19,26-30H,4-5,10-13,20-25H2,1-3H3/q+2. The Bertz CT molecular complexity index is 1970. The summed E-state index contributed by atoms with van der Waals surface area (Å²) in [6.45, 7) is 7.52. The first-order valence-corrected chi connectivity index (χ1v) is 18.0. The Morgan fingerprint density at radius 2 is 1.27 bits per heavy atom. The Kier molecular flexibility index (Phi) is 6.01. The van der Waals surface area contributed by atoms with Gasteiger partial charge in [0.05, 0.1) is 16.4 Å². The normalized spacial score (nSPS) is 25.9. The van der Waals surface area contributed by atoms with Gasteiger partial charge < -0.3 is 0 Å². The molecule has 2 spiro atoms. The number of aromatic nitrogens is 2. The van der Waals surface area contributed by atoms with E-state index in [1.807, 2.05) is 0 Å². The predicted molar refractivity (Wildman–Crippen MR) is 184 cm³/mol. The van der Waals surface area contributed by atoms with Gasteiger partial charge in [0.25, 0.3) is 11.2 Å². The van der Waals surface area contributed by atoms with Crippen molar-refractivity contribution in [1.82, 2.24) is 0 Å².